The van der Waals surface area contributed by atoms with Gasteiger partial charge in [-0.3, -0.25) is 0 Å². The molecule has 0 bridgehead atoms. The molecule has 0 amide bonds. The maximum Gasteiger partial charge on any atom is 0.119 e. The summed E-state index contributed by atoms with van der Waals surface area (Å²) in [5, 5.41) is 0. The lowest BCUT2D eigenvalue weighted by molar-refractivity contribution is 0.306. The molecule has 0 aliphatic rings. The third-order valence-corrected chi connectivity index (χ3v) is 3.04. The molecule has 17 heavy (non-hydrogen) atoms. The quantitative estimate of drug-likeness (QED) is 0.737. The van der Waals surface area contributed by atoms with Crippen LogP contribution in [0.3, 0.4) is 0 Å². The van der Waals surface area contributed by atoms with Crippen molar-refractivity contribution in [1.29, 1.82) is 0 Å². The number of ether oxygens (including phenoxy) is 1. The maximum atomic E-state index is 5.69. The molecule has 0 unspecified atom stereocenters. The van der Waals surface area contributed by atoms with E-state index in [1.54, 1.807) is 0 Å². The molecule has 0 saturated carbocycles. The molecular weight excluding hydrogens is 323 g/mol. The van der Waals surface area contributed by atoms with Crippen molar-refractivity contribution in [2.75, 3.05) is 0 Å². The highest BCUT2D eigenvalue weighted by Crippen LogP contribution is 2.22. The van der Waals surface area contributed by atoms with E-state index < -0.39 is 0 Å². The normalized spacial score (nSPS) is 9.94. The Morgan fingerprint density at radius 2 is 1.65 bits per heavy atom. The minimum absolute atomic E-state index is 0.603. The molecule has 2 aromatic carbocycles. The van der Waals surface area contributed by atoms with Crippen molar-refractivity contribution in [1.82, 2.24) is 0 Å². The summed E-state index contributed by atoms with van der Waals surface area (Å²) in [5.74, 6) is 0.884. The molecule has 0 heterocycles. The average molecular weight is 336 g/mol. The summed E-state index contributed by atoms with van der Waals surface area (Å²) in [6.45, 7) is 4.50. The van der Waals surface area contributed by atoms with Crippen LogP contribution in [0.15, 0.2) is 61.2 Å². The predicted molar refractivity (Wildman–Crippen MR) is 80.3 cm³/mol. The van der Waals surface area contributed by atoms with Gasteiger partial charge in [0.2, 0.25) is 0 Å². The number of benzene rings is 2. The topological polar surface area (TPSA) is 9.23 Å². The molecule has 0 N–H and O–H groups in total. The summed E-state index contributed by atoms with van der Waals surface area (Å²) in [7, 11) is 0. The molecule has 0 aromatic heterocycles. The highest BCUT2D eigenvalue weighted by molar-refractivity contribution is 14.1. The summed E-state index contributed by atoms with van der Waals surface area (Å²) in [6, 6.07) is 18.1. The predicted octanol–water partition coefficient (Wildman–Crippen LogP) is 4.67. The van der Waals surface area contributed by atoms with E-state index in [0.29, 0.717) is 6.61 Å². The van der Waals surface area contributed by atoms with Crippen LogP contribution in [-0.4, -0.2) is 0 Å². The third kappa shape index (κ3) is 3.60. The molecule has 0 aliphatic carbocycles. The maximum absolute atomic E-state index is 5.69. The van der Waals surface area contributed by atoms with Crippen LogP contribution in [0.1, 0.15) is 11.1 Å². The van der Waals surface area contributed by atoms with Gasteiger partial charge in [-0.25, -0.2) is 0 Å². The molecule has 2 heteroatoms. The summed E-state index contributed by atoms with van der Waals surface area (Å²) in [5.41, 5.74) is 2.31. The van der Waals surface area contributed by atoms with E-state index in [-0.39, 0.29) is 0 Å². The second-order valence-electron chi connectivity index (χ2n) is 3.70. The average Bonchev–Trinajstić information content (AvgIpc) is 2.38. The lowest BCUT2D eigenvalue weighted by Gasteiger charge is -2.06. The van der Waals surface area contributed by atoms with Gasteiger partial charge in [-0.15, -0.1) is 0 Å². The van der Waals surface area contributed by atoms with Crippen molar-refractivity contribution in [3.63, 3.8) is 0 Å². The van der Waals surface area contributed by atoms with E-state index >= 15 is 0 Å². The molecule has 0 spiro atoms. The molecule has 0 saturated heterocycles. The Bertz CT molecular complexity index is 488. The Labute approximate surface area is 115 Å². The van der Waals surface area contributed by atoms with Crippen molar-refractivity contribution in [3.05, 3.63) is 72.3 Å². The number of hydrogen-bond acceptors (Lipinski definition) is 1. The van der Waals surface area contributed by atoms with Crippen molar-refractivity contribution in [2.24, 2.45) is 0 Å². The van der Waals surface area contributed by atoms with E-state index in [2.05, 4.69) is 41.3 Å². The van der Waals surface area contributed by atoms with Gasteiger partial charge in [0, 0.05) is 3.58 Å². The zero-order valence-corrected chi connectivity index (χ0v) is 11.6. The van der Waals surface area contributed by atoms with Gasteiger partial charge in [0.05, 0.1) is 0 Å². The zero-order valence-electron chi connectivity index (χ0n) is 9.40. The number of rotatable bonds is 4. The van der Waals surface area contributed by atoms with E-state index in [4.69, 9.17) is 4.74 Å². The fourth-order valence-electron chi connectivity index (χ4n) is 1.47. The first-order valence-corrected chi connectivity index (χ1v) is 6.45. The Morgan fingerprint density at radius 3 is 2.24 bits per heavy atom. The molecular formula is C15H13IO. The van der Waals surface area contributed by atoms with Gasteiger partial charge >= 0.3 is 0 Å². The monoisotopic (exact) mass is 336 g/mol. The van der Waals surface area contributed by atoms with E-state index in [9.17, 15) is 0 Å². The van der Waals surface area contributed by atoms with Gasteiger partial charge in [-0.1, -0.05) is 49.0 Å². The first kappa shape index (κ1) is 12.2. The Balaban J connectivity index is 1.98. The van der Waals surface area contributed by atoms with Crippen LogP contribution >= 0.6 is 22.6 Å². The number of halogens is 1. The van der Waals surface area contributed by atoms with E-state index in [1.807, 2.05) is 42.5 Å². The summed E-state index contributed by atoms with van der Waals surface area (Å²) in [4.78, 5) is 0. The van der Waals surface area contributed by atoms with Crippen LogP contribution in [-0.2, 0) is 6.61 Å². The standard InChI is InChI=1S/C15H13IO/c1-12(16)14-7-9-15(10-8-14)17-11-13-5-3-2-4-6-13/h2-10H,1,11H2. The van der Waals surface area contributed by atoms with Crippen LogP contribution < -0.4 is 4.74 Å². The van der Waals surface area contributed by atoms with Crippen molar-refractivity contribution >= 4 is 26.2 Å². The largest absolute Gasteiger partial charge is 0.489 e. The summed E-state index contributed by atoms with van der Waals surface area (Å²) >= 11 is 2.22. The number of hydrogen-bond donors (Lipinski definition) is 0. The molecule has 0 atom stereocenters. The highest BCUT2D eigenvalue weighted by atomic mass is 127. The fraction of sp³-hybridized carbons (Fsp3) is 0.0667. The molecule has 0 fully saturated rings. The van der Waals surface area contributed by atoms with Gasteiger partial charge in [-0.2, -0.15) is 0 Å². The zero-order chi connectivity index (χ0) is 12.1. The molecule has 86 valence electrons. The molecule has 1 nitrogen and oxygen atoms in total. The fourth-order valence-corrected chi connectivity index (χ4v) is 1.83. The second-order valence-corrected chi connectivity index (χ2v) is 5.01. The lowest BCUT2D eigenvalue weighted by atomic mass is 10.2. The summed E-state index contributed by atoms with van der Waals surface area (Å²) in [6.07, 6.45) is 0. The van der Waals surface area contributed by atoms with Crippen LogP contribution in [0.5, 0.6) is 5.75 Å². The van der Waals surface area contributed by atoms with Crippen LogP contribution in [0, 0.1) is 0 Å². The Kier molecular flexibility index (Phi) is 4.20. The highest BCUT2D eigenvalue weighted by Gasteiger charge is 1.97. The Hall–Kier alpha value is -1.29. The SMILES string of the molecule is C=C(I)c1ccc(OCc2ccccc2)cc1. The van der Waals surface area contributed by atoms with Gasteiger partial charge in [0.1, 0.15) is 12.4 Å². The Morgan fingerprint density at radius 1 is 1.00 bits per heavy atom. The van der Waals surface area contributed by atoms with Gasteiger partial charge < -0.3 is 4.74 Å². The van der Waals surface area contributed by atoms with Crippen molar-refractivity contribution in [2.45, 2.75) is 6.61 Å². The van der Waals surface area contributed by atoms with Gasteiger partial charge in [0.25, 0.3) is 0 Å². The van der Waals surface area contributed by atoms with Crippen molar-refractivity contribution < 1.29 is 4.74 Å². The van der Waals surface area contributed by atoms with Gasteiger partial charge in [-0.05, 0) is 45.9 Å². The summed E-state index contributed by atoms with van der Waals surface area (Å²) < 4.78 is 6.73. The molecule has 2 aromatic rings. The van der Waals surface area contributed by atoms with E-state index in [1.165, 1.54) is 5.56 Å². The van der Waals surface area contributed by atoms with Crippen LogP contribution in [0.25, 0.3) is 3.58 Å². The first-order valence-electron chi connectivity index (χ1n) is 5.37. The molecule has 0 radical (unpaired) electrons. The van der Waals surface area contributed by atoms with E-state index in [0.717, 1.165) is 14.9 Å². The minimum atomic E-state index is 0.603. The van der Waals surface area contributed by atoms with Gasteiger partial charge in [0.15, 0.2) is 0 Å². The van der Waals surface area contributed by atoms with Crippen molar-refractivity contribution in [3.8, 4) is 5.75 Å². The minimum Gasteiger partial charge on any atom is -0.489 e. The van der Waals surface area contributed by atoms with Crippen LogP contribution in [0.2, 0.25) is 0 Å². The smallest absolute Gasteiger partial charge is 0.119 e. The van der Waals surface area contributed by atoms with Crippen LogP contribution in [0.4, 0.5) is 0 Å². The lowest BCUT2D eigenvalue weighted by Crippen LogP contribution is -1.94. The third-order valence-electron chi connectivity index (χ3n) is 2.42. The molecule has 0 aliphatic heterocycles. The second kappa shape index (κ2) is 5.87. The molecule has 2 rings (SSSR count). The first-order chi connectivity index (χ1) is 8.25.